The van der Waals surface area contributed by atoms with E-state index in [1.807, 2.05) is 0 Å². The third kappa shape index (κ3) is 7.79. The summed E-state index contributed by atoms with van der Waals surface area (Å²) in [6.07, 6.45) is 17.9. The Labute approximate surface area is 224 Å². The summed E-state index contributed by atoms with van der Waals surface area (Å²) < 4.78 is 0. The Kier molecular flexibility index (Phi) is 12.8. The zero-order chi connectivity index (χ0) is 25.5. The summed E-state index contributed by atoms with van der Waals surface area (Å²) >= 11 is 0. The van der Waals surface area contributed by atoms with Gasteiger partial charge in [0.15, 0.2) is 0 Å². The SMILES string of the molecule is CCCCCCCCCCCCCCc1ccccc1C(c1ccccc1)(c1ccccc1)C(C)P. The molecule has 0 bridgehead atoms. The minimum atomic E-state index is -0.180. The van der Waals surface area contributed by atoms with Gasteiger partial charge in [-0.25, -0.2) is 0 Å². The lowest BCUT2D eigenvalue weighted by atomic mass is 9.65. The monoisotopic (exact) mass is 500 g/mol. The normalized spacial score (nSPS) is 12.5. The van der Waals surface area contributed by atoms with Crippen molar-refractivity contribution in [3.8, 4) is 0 Å². The first-order chi connectivity index (χ1) is 17.7. The first-order valence-electron chi connectivity index (χ1n) is 14.7. The lowest BCUT2D eigenvalue weighted by Gasteiger charge is -2.41. The molecule has 0 saturated heterocycles. The van der Waals surface area contributed by atoms with Crippen molar-refractivity contribution in [2.75, 3.05) is 0 Å². The number of aryl methyl sites for hydroxylation is 1. The van der Waals surface area contributed by atoms with Gasteiger partial charge in [0.25, 0.3) is 0 Å². The predicted molar refractivity (Wildman–Crippen MR) is 163 cm³/mol. The highest BCUT2D eigenvalue weighted by Gasteiger charge is 2.40. The molecule has 3 rings (SSSR count). The van der Waals surface area contributed by atoms with Crippen LogP contribution in [0.3, 0.4) is 0 Å². The molecule has 0 amide bonds. The zero-order valence-electron chi connectivity index (χ0n) is 22.9. The van der Waals surface area contributed by atoms with E-state index in [0.717, 1.165) is 6.42 Å². The fourth-order valence-electron chi connectivity index (χ4n) is 5.93. The van der Waals surface area contributed by atoms with Gasteiger partial charge in [0, 0.05) is 0 Å². The average Bonchev–Trinajstić information content (AvgIpc) is 2.91. The van der Waals surface area contributed by atoms with E-state index in [2.05, 4.69) is 108 Å². The highest BCUT2D eigenvalue weighted by atomic mass is 31.0. The minimum absolute atomic E-state index is 0.180. The molecular formula is C35H49P. The van der Waals surface area contributed by atoms with E-state index < -0.39 is 0 Å². The van der Waals surface area contributed by atoms with Crippen LogP contribution in [-0.2, 0) is 11.8 Å². The molecule has 0 fully saturated rings. The third-order valence-corrected chi connectivity index (χ3v) is 8.38. The zero-order valence-corrected chi connectivity index (χ0v) is 24.1. The van der Waals surface area contributed by atoms with Crippen LogP contribution in [-0.4, -0.2) is 5.66 Å². The summed E-state index contributed by atoms with van der Waals surface area (Å²) in [5.74, 6) is 0. The van der Waals surface area contributed by atoms with Gasteiger partial charge in [0.05, 0.1) is 5.41 Å². The van der Waals surface area contributed by atoms with Gasteiger partial charge >= 0.3 is 0 Å². The molecule has 194 valence electrons. The van der Waals surface area contributed by atoms with Gasteiger partial charge in [-0.05, 0) is 40.8 Å². The Bertz CT molecular complexity index is 921. The van der Waals surface area contributed by atoms with E-state index >= 15 is 0 Å². The Hall–Kier alpha value is -1.91. The van der Waals surface area contributed by atoms with Gasteiger partial charge in [-0.2, -0.15) is 0 Å². The number of rotatable bonds is 17. The van der Waals surface area contributed by atoms with Crippen molar-refractivity contribution in [3.63, 3.8) is 0 Å². The maximum absolute atomic E-state index is 3.14. The Morgan fingerprint density at radius 1 is 0.556 bits per heavy atom. The van der Waals surface area contributed by atoms with Crippen molar-refractivity contribution in [3.05, 3.63) is 107 Å². The van der Waals surface area contributed by atoms with Crippen LogP contribution in [0.5, 0.6) is 0 Å². The summed E-state index contributed by atoms with van der Waals surface area (Å²) in [7, 11) is 3.14. The minimum Gasteiger partial charge on any atom is -0.133 e. The van der Waals surface area contributed by atoms with E-state index in [1.165, 1.54) is 99.3 Å². The van der Waals surface area contributed by atoms with Gasteiger partial charge in [0.2, 0.25) is 0 Å². The second kappa shape index (κ2) is 16.0. The molecule has 0 aliphatic heterocycles. The molecule has 3 aromatic rings. The maximum atomic E-state index is 3.14. The molecule has 3 aromatic carbocycles. The van der Waals surface area contributed by atoms with Crippen molar-refractivity contribution >= 4 is 9.24 Å². The van der Waals surface area contributed by atoms with E-state index in [0.29, 0.717) is 5.66 Å². The van der Waals surface area contributed by atoms with E-state index in [-0.39, 0.29) is 5.41 Å². The fourth-order valence-corrected chi connectivity index (χ4v) is 6.49. The lowest BCUT2D eigenvalue weighted by molar-refractivity contribution is 0.542. The van der Waals surface area contributed by atoms with Crippen LogP contribution in [0.4, 0.5) is 0 Å². The third-order valence-electron chi connectivity index (χ3n) is 7.88. The van der Waals surface area contributed by atoms with Crippen molar-refractivity contribution in [2.45, 2.75) is 108 Å². The smallest absolute Gasteiger partial charge is 0.0513 e. The van der Waals surface area contributed by atoms with Crippen molar-refractivity contribution in [1.82, 2.24) is 0 Å². The molecule has 0 radical (unpaired) electrons. The average molecular weight is 501 g/mol. The quantitative estimate of drug-likeness (QED) is 0.0982. The van der Waals surface area contributed by atoms with E-state index in [1.54, 1.807) is 0 Å². The molecule has 0 aromatic heterocycles. The van der Waals surface area contributed by atoms with Crippen molar-refractivity contribution in [1.29, 1.82) is 0 Å². The molecule has 0 saturated carbocycles. The first-order valence-corrected chi connectivity index (χ1v) is 15.3. The Morgan fingerprint density at radius 3 is 1.44 bits per heavy atom. The second-order valence-electron chi connectivity index (χ2n) is 10.6. The van der Waals surface area contributed by atoms with E-state index in [4.69, 9.17) is 0 Å². The topological polar surface area (TPSA) is 0 Å². The molecule has 36 heavy (non-hydrogen) atoms. The van der Waals surface area contributed by atoms with Crippen LogP contribution in [0.1, 0.15) is 113 Å². The van der Waals surface area contributed by atoms with Gasteiger partial charge in [-0.15, -0.1) is 9.24 Å². The van der Waals surface area contributed by atoms with Crippen LogP contribution >= 0.6 is 9.24 Å². The molecule has 0 heterocycles. The van der Waals surface area contributed by atoms with Gasteiger partial charge < -0.3 is 0 Å². The molecule has 2 atom stereocenters. The lowest BCUT2D eigenvalue weighted by Crippen LogP contribution is -2.38. The summed E-state index contributed by atoms with van der Waals surface area (Å²) in [4.78, 5) is 0. The van der Waals surface area contributed by atoms with Crippen LogP contribution in [0.25, 0.3) is 0 Å². The first kappa shape index (κ1) is 28.7. The fraction of sp³-hybridized carbons (Fsp3) is 0.486. The molecular weight excluding hydrogens is 451 g/mol. The summed E-state index contributed by atoms with van der Waals surface area (Å²) in [5, 5.41) is 0. The van der Waals surface area contributed by atoms with Crippen molar-refractivity contribution < 1.29 is 0 Å². The molecule has 0 aliphatic rings. The Balaban J connectivity index is 1.64. The molecule has 0 N–H and O–H groups in total. The number of benzene rings is 3. The second-order valence-corrected chi connectivity index (χ2v) is 11.6. The van der Waals surface area contributed by atoms with Crippen molar-refractivity contribution in [2.24, 2.45) is 0 Å². The van der Waals surface area contributed by atoms with Gasteiger partial charge in [0.1, 0.15) is 0 Å². The van der Waals surface area contributed by atoms with Crippen LogP contribution in [0, 0.1) is 0 Å². The van der Waals surface area contributed by atoms with Crippen LogP contribution in [0.2, 0.25) is 0 Å². The molecule has 0 spiro atoms. The predicted octanol–water partition coefficient (Wildman–Crippen LogP) is 10.5. The van der Waals surface area contributed by atoms with Gasteiger partial charge in [-0.3, -0.25) is 0 Å². The molecule has 0 aliphatic carbocycles. The molecule has 0 nitrogen and oxygen atoms in total. The number of unbranched alkanes of at least 4 members (excludes halogenated alkanes) is 11. The summed E-state index contributed by atoms with van der Waals surface area (Å²) in [6, 6.07) is 31.5. The largest absolute Gasteiger partial charge is 0.133 e. The standard InChI is InChI=1S/C35H49P/c1-3-4-5-6-7-8-9-10-11-12-13-16-23-31-24-21-22-29-34(31)35(30(2)36,32-25-17-14-18-26-32)33-27-19-15-20-28-33/h14-15,17-22,24-30H,3-13,16,23,36H2,1-2H3. The maximum Gasteiger partial charge on any atom is 0.0513 e. The number of hydrogen-bond acceptors (Lipinski definition) is 0. The molecule has 2 unspecified atom stereocenters. The van der Waals surface area contributed by atoms with Crippen LogP contribution < -0.4 is 0 Å². The summed E-state index contributed by atoms with van der Waals surface area (Å²) in [5.41, 5.74) is 5.90. The van der Waals surface area contributed by atoms with Gasteiger partial charge in [-0.1, -0.05) is 169 Å². The van der Waals surface area contributed by atoms with Crippen LogP contribution in [0.15, 0.2) is 84.9 Å². The summed E-state index contributed by atoms with van der Waals surface area (Å²) in [6.45, 7) is 4.65. The highest BCUT2D eigenvalue weighted by Crippen LogP contribution is 2.46. The Morgan fingerprint density at radius 2 is 0.972 bits per heavy atom. The highest BCUT2D eigenvalue weighted by molar-refractivity contribution is 7.17. The van der Waals surface area contributed by atoms with E-state index in [9.17, 15) is 0 Å². The molecule has 1 heteroatoms. The number of hydrogen-bond donors (Lipinski definition) is 0.